The Morgan fingerprint density at radius 3 is 1.91 bits per heavy atom. The minimum Gasteiger partial charge on any atom is -0.462 e. The SMILES string of the molecule is CCCCCCCC(CCC)OC(=O)CCCCCCCN(CCCO)CCCCCCCC=O. The second-order valence-electron chi connectivity index (χ2n) is 10.3. The Morgan fingerprint density at radius 2 is 1.29 bits per heavy atom. The summed E-state index contributed by atoms with van der Waals surface area (Å²) in [6.45, 7) is 7.85. The number of unbranched alkanes of at least 4 members (excludes halogenated alkanes) is 13. The van der Waals surface area contributed by atoms with Gasteiger partial charge in [0.2, 0.25) is 0 Å². The summed E-state index contributed by atoms with van der Waals surface area (Å²) >= 11 is 0. The van der Waals surface area contributed by atoms with Gasteiger partial charge in [0.05, 0.1) is 0 Å². The van der Waals surface area contributed by atoms with E-state index in [1.807, 2.05) is 0 Å². The molecule has 0 amide bonds. The van der Waals surface area contributed by atoms with Gasteiger partial charge < -0.3 is 19.5 Å². The van der Waals surface area contributed by atoms with Gasteiger partial charge in [-0.15, -0.1) is 0 Å². The molecule has 0 bridgehead atoms. The van der Waals surface area contributed by atoms with E-state index in [4.69, 9.17) is 4.74 Å². The zero-order valence-corrected chi connectivity index (χ0v) is 23.5. The van der Waals surface area contributed by atoms with Gasteiger partial charge in [-0.1, -0.05) is 84.5 Å². The molecular weight excluding hydrogens is 438 g/mol. The van der Waals surface area contributed by atoms with Gasteiger partial charge in [0, 0.05) is 26.0 Å². The van der Waals surface area contributed by atoms with Crippen LogP contribution in [0.25, 0.3) is 0 Å². The molecule has 35 heavy (non-hydrogen) atoms. The molecule has 0 aliphatic carbocycles. The number of rotatable bonds is 28. The van der Waals surface area contributed by atoms with Crippen molar-refractivity contribution in [2.75, 3.05) is 26.2 Å². The molecule has 5 heteroatoms. The molecule has 1 N–H and O–H groups in total. The molecule has 208 valence electrons. The van der Waals surface area contributed by atoms with Crippen molar-refractivity contribution in [3.63, 3.8) is 0 Å². The van der Waals surface area contributed by atoms with Crippen LogP contribution in [-0.4, -0.2) is 54.6 Å². The predicted octanol–water partition coefficient (Wildman–Crippen LogP) is 7.62. The van der Waals surface area contributed by atoms with E-state index >= 15 is 0 Å². The van der Waals surface area contributed by atoms with Crippen molar-refractivity contribution in [3.8, 4) is 0 Å². The summed E-state index contributed by atoms with van der Waals surface area (Å²) in [5.74, 6) is -0.00153. The van der Waals surface area contributed by atoms with Crippen LogP contribution in [0.15, 0.2) is 0 Å². The Kier molecular flexibility index (Phi) is 26.9. The van der Waals surface area contributed by atoms with Gasteiger partial charge in [-0.2, -0.15) is 0 Å². The summed E-state index contributed by atoms with van der Waals surface area (Å²) in [5.41, 5.74) is 0. The van der Waals surface area contributed by atoms with E-state index < -0.39 is 0 Å². The third kappa shape index (κ3) is 24.5. The number of hydrogen-bond donors (Lipinski definition) is 1. The zero-order valence-electron chi connectivity index (χ0n) is 23.5. The molecule has 0 aliphatic rings. The number of aliphatic hydroxyl groups is 1. The minimum atomic E-state index is -0.00153. The summed E-state index contributed by atoms with van der Waals surface area (Å²) in [4.78, 5) is 25.1. The monoisotopic (exact) mass is 497 g/mol. The maximum absolute atomic E-state index is 12.3. The fourth-order valence-electron chi connectivity index (χ4n) is 4.66. The molecule has 0 aromatic heterocycles. The summed E-state index contributed by atoms with van der Waals surface area (Å²) in [7, 11) is 0. The van der Waals surface area contributed by atoms with Crippen LogP contribution in [0.3, 0.4) is 0 Å². The summed E-state index contributed by atoms with van der Waals surface area (Å²) in [5, 5.41) is 9.19. The highest BCUT2D eigenvalue weighted by molar-refractivity contribution is 5.69. The first-order valence-corrected chi connectivity index (χ1v) is 15.1. The fraction of sp³-hybridized carbons (Fsp3) is 0.933. The Morgan fingerprint density at radius 1 is 0.714 bits per heavy atom. The molecule has 0 saturated carbocycles. The quantitative estimate of drug-likeness (QED) is 0.0684. The summed E-state index contributed by atoms with van der Waals surface area (Å²) in [6.07, 6.45) is 24.0. The number of esters is 1. The maximum Gasteiger partial charge on any atom is 0.306 e. The van der Waals surface area contributed by atoms with E-state index in [-0.39, 0.29) is 18.7 Å². The first kappa shape index (κ1) is 34.1. The third-order valence-corrected chi connectivity index (χ3v) is 6.82. The largest absolute Gasteiger partial charge is 0.462 e. The van der Waals surface area contributed by atoms with E-state index in [1.165, 1.54) is 70.6 Å². The normalized spacial score (nSPS) is 12.2. The van der Waals surface area contributed by atoms with Crippen LogP contribution < -0.4 is 0 Å². The number of aldehydes is 1. The lowest BCUT2D eigenvalue weighted by Gasteiger charge is -2.22. The predicted molar refractivity (Wildman–Crippen MR) is 148 cm³/mol. The average Bonchev–Trinajstić information content (AvgIpc) is 2.85. The lowest BCUT2D eigenvalue weighted by Crippen LogP contribution is -2.27. The van der Waals surface area contributed by atoms with Crippen LogP contribution in [0.5, 0.6) is 0 Å². The highest BCUT2D eigenvalue weighted by Crippen LogP contribution is 2.16. The molecule has 0 rings (SSSR count). The van der Waals surface area contributed by atoms with Crippen molar-refractivity contribution in [2.24, 2.45) is 0 Å². The summed E-state index contributed by atoms with van der Waals surface area (Å²) in [6, 6.07) is 0. The highest BCUT2D eigenvalue weighted by atomic mass is 16.5. The van der Waals surface area contributed by atoms with Gasteiger partial charge >= 0.3 is 5.97 Å². The van der Waals surface area contributed by atoms with Crippen molar-refractivity contribution in [1.82, 2.24) is 4.90 Å². The van der Waals surface area contributed by atoms with Gasteiger partial charge in [-0.25, -0.2) is 0 Å². The third-order valence-electron chi connectivity index (χ3n) is 6.82. The topological polar surface area (TPSA) is 66.8 Å². The van der Waals surface area contributed by atoms with E-state index in [9.17, 15) is 14.7 Å². The van der Waals surface area contributed by atoms with Crippen molar-refractivity contribution in [1.29, 1.82) is 0 Å². The van der Waals surface area contributed by atoms with Gasteiger partial charge in [-0.05, 0) is 64.5 Å². The van der Waals surface area contributed by atoms with Crippen molar-refractivity contribution in [3.05, 3.63) is 0 Å². The number of hydrogen-bond acceptors (Lipinski definition) is 5. The molecule has 0 spiro atoms. The van der Waals surface area contributed by atoms with Gasteiger partial charge in [0.25, 0.3) is 0 Å². The van der Waals surface area contributed by atoms with E-state index in [0.29, 0.717) is 12.8 Å². The molecule has 0 fully saturated rings. The van der Waals surface area contributed by atoms with Crippen LogP contribution >= 0.6 is 0 Å². The first-order valence-electron chi connectivity index (χ1n) is 15.1. The second-order valence-corrected chi connectivity index (χ2v) is 10.3. The van der Waals surface area contributed by atoms with Crippen molar-refractivity contribution < 1.29 is 19.4 Å². The standard InChI is InChI=1S/C30H59NO4/c1-3-5-6-10-15-22-29(21-4-2)35-30(34)23-16-11-9-13-18-25-31(26-20-28-33)24-17-12-7-8-14-19-27-32/h27,29,33H,3-26,28H2,1-2H3. The second kappa shape index (κ2) is 27.6. The Bertz CT molecular complexity index is 458. The fourth-order valence-corrected chi connectivity index (χ4v) is 4.66. The van der Waals surface area contributed by atoms with Crippen LogP contribution in [0, 0.1) is 0 Å². The van der Waals surface area contributed by atoms with Crippen LogP contribution in [0.4, 0.5) is 0 Å². The zero-order chi connectivity index (χ0) is 25.8. The number of carbonyl (C=O) groups excluding carboxylic acids is 2. The van der Waals surface area contributed by atoms with Crippen LogP contribution in [0.2, 0.25) is 0 Å². The maximum atomic E-state index is 12.3. The molecule has 0 heterocycles. The molecule has 1 unspecified atom stereocenters. The molecule has 0 saturated heterocycles. The molecule has 0 aromatic carbocycles. The molecular formula is C30H59NO4. The highest BCUT2D eigenvalue weighted by Gasteiger charge is 2.13. The lowest BCUT2D eigenvalue weighted by molar-refractivity contribution is -0.150. The molecule has 1 atom stereocenters. The number of ether oxygens (including phenoxy) is 1. The first-order chi connectivity index (χ1) is 17.2. The van der Waals surface area contributed by atoms with Gasteiger partial charge in [0.15, 0.2) is 0 Å². The van der Waals surface area contributed by atoms with Gasteiger partial charge in [0.1, 0.15) is 12.4 Å². The number of nitrogens with zero attached hydrogens (tertiary/aromatic N) is 1. The van der Waals surface area contributed by atoms with Crippen molar-refractivity contribution >= 4 is 12.3 Å². The number of aliphatic hydroxyl groups excluding tert-OH is 1. The van der Waals surface area contributed by atoms with E-state index in [0.717, 1.165) is 77.3 Å². The van der Waals surface area contributed by atoms with Gasteiger partial charge in [-0.3, -0.25) is 4.79 Å². The molecule has 0 aliphatic heterocycles. The molecule has 0 radical (unpaired) electrons. The lowest BCUT2D eigenvalue weighted by atomic mass is 10.0. The Balaban J connectivity index is 3.86. The molecule has 0 aromatic rings. The smallest absolute Gasteiger partial charge is 0.306 e. The van der Waals surface area contributed by atoms with E-state index in [2.05, 4.69) is 18.7 Å². The van der Waals surface area contributed by atoms with Crippen molar-refractivity contribution in [2.45, 2.75) is 155 Å². The van der Waals surface area contributed by atoms with Crippen LogP contribution in [-0.2, 0) is 14.3 Å². The summed E-state index contributed by atoms with van der Waals surface area (Å²) < 4.78 is 5.79. The Hall–Kier alpha value is -0.940. The molecule has 5 nitrogen and oxygen atoms in total. The minimum absolute atomic E-state index is 0.00153. The average molecular weight is 498 g/mol. The Labute approximate surface area is 217 Å². The van der Waals surface area contributed by atoms with E-state index in [1.54, 1.807) is 0 Å². The van der Waals surface area contributed by atoms with Crippen LogP contribution in [0.1, 0.15) is 149 Å². The number of carbonyl (C=O) groups is 2.